The fourth-order valence-corrected chi connectivity index (χ4v) is 3.14. The summed E-state index contributed by atoms with van der Waals surface area (Å²) in [5, 5.41) is 0. The van der Waals surface area contributed by atoms with Gasteiger partial charge in [0.05, 0.1) is 0 Å². The molecule has 0 aromatic rings. The van der Waals surface area contributed by atoms with E-state index in [2.05, 4.69) is 6.92 Å². The van der Waals surface area contributed by atoms with E-state index in [9.17, 15) is 13.2 Å². The molecule has 5 nitrogen and oxygen atoms in total. The maximum Gasteiger partial charge on any atom is 1.00 e. The van der Waals surface area contributed by atoms with Gasteiger partial charge in [0.25, 0.3) is 0 Å². The van der Waals surface area contributed by atoms with Gasteiger partial charge in [0.15, 0.2) is 0 Å². The van der Waals surface area contributed by atoms with Crippen molar-refractivity contribution in [1.29, 1.82) is 0 Å². The average Bonchev–Trinajstić information content (AvgIpc) is 2.49. The van der Waals surface area contributed by atoms with E-state index >= 15 is 0 Å². The Hall–Kier alpha value is 0.380. The summed E-state index contributed by atoms with van der Waals surface area (Å²) in [5.41, 5.74) is -1.43. The fraction of sp³-hybridized carbons (Fsp3) is 0.941. The molecule has 1 N–H and O–H groups in total. The summed E-state index contributed by atoms with van der Waals surface area (Å²) < 4.78 is 35.5. The molecule has 0 radical (unpaired) electrons. The van der Waals surface area contributed by atoms with Crippen molar-refractivity contribution >= 4 is 16.1 Å². The topological polar surface area (TPSA) is 80.7 Å². The van der Waals surface area contributed by atoms with Gasteiger partial charge < -0.3 is 4.74 Å². The Bertz CT molecular complexity index is 398. The van der Waals surface area contributed by atoms with Crippen LogP contribution in [-0.4, -0.2) is 24.4 Å². The maximum atomic E-state index is 11.5. The monoisotopic (exact) mass is 373 g/mol. The van der Waals surface area contributed by atoms with Crippen LogP contribution in [0.15, 0.2) is 0 Å². The van der Waals surface area contributed by atoms with Crippen LogP contribution < -0.4 is 29.6 Å². The molecule has 1 unspecified atom stereocenters. The second-order valence-electron chi connectivity index (χ2n) is 6.13. The van der Waals surface area contributed by atoms with Gasteiger partial charge >= 0.3 is 45.6 Å². The molecule has 0 aliphatic heterocycles. The first-order valence-electron chi connectivity index (χ1n) is 9.07. The van der Waals surface area contributed by atoms with Crippen molar-refractivity contribution < 1.29 is 52.1 Å². The number of carbonyl (C=O) groups excluding carboxylic acids is 1. The molecule has 0 saturated carbocycles. The molecular formula is C17H34NaO5S+. The normalized spacial score (nSPS) is 12.5. The van der Waals surface area contributed by atoms with E-state index < -0.39 is 21.5 Å². The molecule has 7 heteroatoms. The van der Waals surface area contributed by atoms with Crippen LogP contribution in [0.25, 0.3) is 0 Å². The Balaban J connectivity index is 0. The van der Waals surface area contributed by atoms with E-state index in [4.69, 9.17) is 9.29 Å². The third-order valence-corrected chi connectivity index (χ3v) is 5.01. The molecule has 24 heavy (non-hydrogen) atoms. The summed E-state index contributed by atoms with van der Waals surface area (Å²) in [5.74, 6) is -0.551. The van der Waals surface area contributed by atoms with E-state index in [0.717, 1.165) is 12.8 Å². The molecule has 0 spiro atoms. The summed E-state index contributed by atoms with van der Waals surface area (Å²) in [6.07, 6.45) is 13.4. The van der Waals surface area contributed by atoms with Crippen molar-refractivity contribution in [2.45, 2.75) is 103 Å². The first-order chi connectivity index (χ1) is 10.9. The van der Waals surface area contributed by atoms with Crippen molar-refractivity contribution in [2.24, 2.45) is 0 Å². The Morgan fingerprint density at radius 3 is 1.67 bits per heavy atom. The van der Waals surface area contributed by atoms with Gasteiger partial charge in [0, 0.05) is 6.42 Å². The van der Waals surface area contributed by atoms with Crippen molar-refractivity contribution in [3.8, 4) is 0 Å². The second-order valence-corrected chi connectivity index (χ2v) is 7.68. The molecule has 138 valence electrons. The molecule has 1 atom stereocenters. The van der Waals surface area contributed by atoms with Crippen molar-refractivity contribution in [2.75, 3.05) is 0 Å². The van der Waals surface area contributed by atoms with Crippen LogP contribution in [0.5, 0.6) is 0 Å². The number of esters is 1. The average molecular weight is 374 g/mol. The minimum Gasteiger partial charge on any atom is -0.443 e. The molecule has 0 aliphatic carbocycles. The number of hydrogen-bond acceptors (Lipinski definition) is 4. The predicted molar refractivity (Wildman–Crippen MR) is 92.8 cm³/mol. The summed E-state index contributed by atoms with van der Waals surface area (Å²) in [6.45, 7) is 3.77. The van der Waals surface area contributed by atoms with Gasteiger partial charge in [-0.2, -0.15) is 8.42 Å². The minimum atomic E-state index is -4.31. The Morgan fingerprint density at radius 2 is 1.29 bits per heavy atom. The molecule has 0 fully saturated rings. The van der Waals surface area contributed by atoms with Gasteiger partial charge in [-0.25, -0.2) is 0 Å². The van der Waals surface area contributed by atoms with Gasteiger partial charge in [-0.05, 0) is 12.8 Å². The van der Waals surface area contributed by atoms with Crippen LogP contribution in [0, 0.1) is 0 Å². The maximum absolute atomic E-state index is 11.5. The summed E-state index contributed by atoms with van der Waals surface area (Å²) >= 11 is 0. The van der Waals surface area contributed by atoms with Crippen LogP contribution in [-0.2, 0) is 19.6 Å². The van der Waals surface area contributed by atoms with Gasteiger partial charge in [-0.1, -0.05) is 78.1 Å². The molecule has 0 bridgehead atoms. The van der Waals surface area contributed by atoms with Gasteiger partial charge in [0.2, 0.25) is 5.44 Å². The largest absolute Gasteiger partial charge is 1.00 e. The number of rotatable bonds is 15. The molecule has 0 heterocycles. The van der Waals surface area contributed by atoms with Crippen LogP contribution in [0.4, 0.5) is 0 Å². The number of hydrogen-bond donors (Lipinski definition) is 1. The van der Waals surface area contributed by atoms with Gasteiger partial charge in [-0.15, -0.1) is 0 Å². The van der Waals surface area contributed by atoms with Crippen LogP contribution in [0.3, 0.4) is 0 Å². The van der Waals surface area contributed by atoms with Crippen LogP contribution in [0.2, 0.25) is 0 Å². The van der Waals surface area contributed by atoms with E-state index in [1.807, 2.05) is 0 Å². The molecule has 0 amide bonds. The third kappa shape index (κ3) is 15.9. The molecule has 0 aliphatic rings. The molecule has 0 aromatic carbocycles. The molecule has 0 saturated heterocycles. The van der Waals surface area contributed by atoms with Gasteiger partial charge in [0.1, 0.15) is 0 Å². The van der Waals surface area contributed by atoms with Crippen molar-refractivity contribution in [3.63, 3.8) is 0 Å². The summed E-state index contributed by atoms with van der Waals surface area (Å²) in [4.78, 5) is 11.5. The van der Waals surface area contributed by atoms with Crippen molar-refractivity contribution in [3.05, 3.63) is 0 Å². The Labute approximate surface area is 170 Å². The molecule has 0 aromatic heterocycles. The van der Waals surface area contributed by atoms with Crippen molar-refractivity contribution in [1.82, 2.24) is 0 Å². The number of unbranched alkanes of at least 4 members (excludes halogenated alkanes) is 10. The smallest absolute Gasteiger partial charge is 0.443 e. The minimum absolute atomic E-state index is 0. The van der Waals surface area contributed by atoms with Gasteiger partial charge in [-0.3, -0.25) is 9.35 Å². The Kier molecular flexibility index (Phi) is 18.7. The summed E-state index contributed by atoms with van der Waals surface area (Å²) in [6, 6.07) is 0. The quantitative estimate of drug-likeness (QED) is 0.205. The first kappa shape index (κ1) is 26.6. The number of ether oxygens (including phenoxy) is 1. The standard InChI is InChI=1S/C17H34O5S.Na/c1-3-5-6-7-8-9-10-11-12-13-14-15-16(18)22-17(4-2)23(19,20)21;/h17H,3-15H2,1-2H3,(H,19,20,21);/q;+1. The Morgan fingerprint density at radius 1 is 0.875 bits per heavy atom. The second kappa shape index (κ2) is 16.8. The zero-order valence-electron chi connectivity index (χ0n) is 15.8. The predicted octanol–water partition coefficient (Wildman–Crippen LogP) is 1.86. The van der Waals surface area contributed by atoms with E-state index in [1.165, 1.54) is 51.4 Å². The zero-order chi connectivity index (χ0) is 17.6. The molecule has 0 rings (SSSR count). The third-order valence-electron chi connectivity index (χ3n) is 3.91. The van der Waals surface area contributed by atoms with E-state index in [1.54, 1.807) is 6.92 Å². The van der Waals surface area contributed by atoms with Crippen LogP contribution >= 0.6 is 0 Å². The first-order valence-corrected chi connectivity index (χ1v) is 10.6. The SMILES string of the molecule is CCCCCCCCCCCCCC(=O)OC(CC)S(=O)(=O)O.[Na+]. The molecular weight excluding hydrogens is 339 g/mol. The van der Waals surface area contributed by atoms with E-state index in [0.29, 0.717) is 6.42 Å². The summed E-state index contributed by atoms with van der Waals surface area (Å²) in [7, 11) is -4.31. The fourth-order valence-electron chi connectivity index (χ4n) is 2.49. The van der Waals surface area contributed by atoms with E-state index in [-0.39, 0.29) is 42.4 Å². The number of carbonyl (C=O) groups is 1. The zero-order valence-corrected chi connectivity index (χ0v) is 18.6. The van der Waals surface area contributed by atoms with Crippen LogP contribution in [0.1, 0.15) is 97.3 Å².